The highest BCUT2D eigenvalue weighted by molar-refractivity contribution is 9.11. The van der Waals surface area contributed by atoms with Gasteiger partial charge in [-0.15, -0.1) is 22.7 Å². The van der Waals surface area contributed by atoms with Crippen molar-refractivity contribution >= 4 is 76.6 Å². The van der Waals surface area contributed by atoms with Crippen molar-refractivity contribution in [2.75, 3.05) is 0 Å². The fraction of sp³-hybridized carbons (Fsp3) is 0.604. The molecule has 0 aliphatic carbocycles. The summed E-state index contributed by atoms with van der Waals surface area (Å²) in [4.78, 5) is 28.5. The number of thiophene rings is 2. The van der Waals surface area contributed by atoms with E-state index in [-0.39, 0.29) is 0 Å². The summed E-state index contributed by atoms with van der Waals surface area (Å²) < 4.78 is 2.16. The van der Waals surface area contributed by atoms with E-state index in [9.17, 15) is 0 Å². The van der Waals surface area contributed by atoms with E-state index in [1.54, 1.807) is 22.7 Å². The zero-order valence-electron chi connectivity index (χ0n) is 74.5. The van der Waals surface area contributed by atoms with Gasteiger partial charge in [0.1, 0.15) is 22.1 Å². The van der Waals surface area contributed by atoms with Crippen LogP contribution in [0.15, 0.2) is 105 Å². The lowest BCUT2D eigenvalue weighted by Crippen LogP contribution is -2.09. The van der Waals surface area contributed by atoms with Crippen molar-refractivity contribution in [1.29, 1.82) is 0 Å². The Bertz CT molecular complexity index is 3700. The summed E-state index contributed by atoms with van der Waals surface area (Å²) >= 11 is 11.8. The van der Waals surface area contributed by atoms with Gasteiger partial charge in [0.2, 0.25) is 0 Å². The molecule has 8 unspecified atom stereocenters. The van der Waals surface area contributed by atoms with Gasteiger partial charge in [-0.25, -0.2) is 19.9 Å². The maximum Gasteiger partial charge on any atom is 0.101 e. The minimum absolute atomic E-state index is 0.600. The number of hydrogen-bond acceptors (Lipinski definition) is 6. The van der Waals surface area contributed by atoms with Crippen molar-refractivity contribution in [2.45, 2.75) is 368 Å². The summed E-state index contributed by atoms with van der Waals surface area (Å²) in [5.74, 6) is 4.80. The van der Waals surface area contributed by atoms with Gasteiger partial charge in [0.25, 0.3) is 0 Å². The lowest BCUT2D eigenvalue weighted by Gasteiger charge is -2.23. The second-order valence-corrected chi connectivity index (χ2v) is 40.2. The highest BCUT2D eigenvalue weighted by Crippen LogP contribution is 2.50. The summed E-state index contributed by atoms with van der Waals surface area (Å²) in [6.07, 6.45) is 47.6. The molecule has 4 nitrogen and oxygen atoms in total. The molecule has 4 aromatic heterocycles. The van der Waals surface area contributed by atoms with Crippen molar-refractivity contribution in [1.82, 2.24) is 19.9 Å². The van der Waals surface area contributed by atoms with Crippen molar-refractivity contribution in [3.05, 3.63) is 149 Å². The Labute approximate surface area is 720 Å². The van der Waals surface area contributed by atoms with Crippen LogP contribution in [0.2, 0.25) is 0 Å². The van der Waals surface area contributed by atoms with Crippen LogP contribution in [0.4, 0.5) is 0 Å². The Kier molecular flexibility index (Phi) is 40.0. The van der Waals surface area contributed by atoms with E-state index >= 15 is 0 Å². The molecule has 0 bridgehead atoms. The molecule has 5 aromatic carbocycles. The largest absolute Gasteiger partial charge is 0.243 e. The molecule has 0 N–H and O–H groups in total. The molecule has 622 valence electrons. The van der Waals surface area contributed by atoms with Gasteiger partial charge in [-0.05, 0) is 248 Å². The summed E-state index contributed by atoms with van der Waals surface area (Å²) in [6.45, 7) is 38.3. The Hall–Kier alpha value is -4.86. The maximum absolute atomic E-state index is 6.56. The van der Waals surface area contributed by atoms with Crippen molar-refractivity contribution in [3.8, 4) is 65.9 Å². The molecule has 0 amide bonds. The van der Waals surface area contributed by atoms with Crippen molar-refractivity contribution in [2.24, 2.45) is 47.3 Å². The van der Waals surface area contributed by atoms with Gasteiger partial charge in [-0.2, -0.15) is 0 Å². The molecule has 0 saturated carbocycles. The first-order valence-electron chi connectivity index (χ1n) is 47.2. The number of unbranched alkanes of at least 4 members (excludes halogenated alkanes) is 8. The third kappa shape index (κ3) is 26.6. The molecule has 0 radical (unpaired) electrons. The minimum Gasteiger partial charge on any atom is -0.243 e. The molecule has 8 atom stereocenters. The highest BCUT2D eigenvalue weighted by atomic mass is 79.9. The smallest absolute Gasteiger partial charge is 0.101 e. The highest BCUT2D eigenvalue weighted by Gasteiger charge is 2.31. The van der Waals surface area contributed by atoms with Gasteiger partial charge in [-0.3, -0.25) is 0 Å². The van der Waals surface area contributed by atoms with Crippen molar-refractivity contribution in [3.63, 3.8) is 0 Å². The average Bonchev–Trinajstić information content (AvgIpc) is 0.969. The summed E-state index contributed by atoms with van der Waals surface area (Å²) in [6, 6.07) is 40.3. The SMILES string of the molecule is CCCCC(CC)Cc1cc(CC(CC)CCCC)cc(-c2nc3c(-c4ccc(Br)s4)c4nc(-c5cc(CC(CC)CCCC)cc(CC(CC)CCCC)c5)c(-c5cc(CC(CC)CCCC)cc(CC(CC)CCCC)c5)nc4c(-c4ccc(Br)s4)c3nc2-c2cc(CC(CC)CCCC)cc(CC(CC)CCCC)c2)c1. The van der Waals surface area contributed by atoms with Gasteiger partial charge in [0, 0.05) is 43.1 Å². The van der Waals surface area contributed by atoms with Gasteiger partial charge in [0.15, 0.2) is 0 Å². The number of hydrogen-bond donors (Lipinski definition) is 0. The Morgan fingerprint density at radius 3 is 0.535 bits per heavy atom. The van der Waals surface area contributed by atoms with Crippen LogP contribution < -0.4 is 0 Å². The van der Waals surface area contributed by atoms with E-state index < -0.39 is 0 Å². The van der Waals surface area contributed by atoms with Crippen LogP contribution in [0, 0.1) is 47.3 Å². The molecular weight excluding hydrogens is 1550 g/mol. The number of fused-ring (bicyclic) bond motifs is 2. The molecule has 0 aliphatic rings. The average molecular weight is 1710 g/mol. The Balaban J connectivity index is 1.54. The standard InChI is InChI=1S/C106H152Br2N4S2/c1-17-33-41-73(25-9)53-81-61-82(54-74(26-10)42-34-18-2)66-89(65-81)99-100(90-67-83(55-75(27-11)43-35-19-3)62-84(68-90)56-76(28-12)44-36-20-4)110-104-98(94-50-52-96(108)114-94)106-105(97(103(104)109-99)93-49-51-95(107)113-93)111-101(91-69-85(57-77(29-13)45-37-21-5)63-86(70-91)58-78(30-14)46-38-22-6)102(112-106)92-71-87(59-79(31-15)47-39-23-7)64-88(72-92)60-80(32-16)48-40-24-8/h49-52,61-80H,17-48,53-60H2,1-16H3. The van der Waals surface area contributed by atoms with E-state index in [1.807, 2.05) is 0 Å². The van der Waals surface area contributed by atoms with Gasteiger partial charge in [-0.1, -0.05) is 341 Å². The van der Waals surface area contributed by atoms with Crippen LogP contribution in [-0.2, 0) is 51.4 Å². The molecule has 9 rings (SSSR count). The van der Waals surface area contributed by atoms with Crippen LogP contribution in [0.1, 0.15) is 361 Å². The minimum atomic E-state index is 0.600. The number of benzene rings is 5. The maximum atomic E-state index is 6.56. The van der Waals surface area contributed by atoms with Crippen LogP contribution in [0.3, 0.4) is 0 Å². The number of aromatic nitrogens is 4. The van der Waals surface area contributed by atoms with Gasteiger partial charge in [0.05, 0.1) is 30.3 Å². The molecular formula is C106H152Br2N4S2. The fourth-order valence-electron chi connectivity index (χ4n) is 18.7. The fourth-order valence-corrected chi connectivity index (χ4v) is 21.6. The van der Waals surface area contributed by atoms with E-state index in [0.717, 1.165) is 125 Å². The van der Waals surface area contributed by atoms with Crippen LogP contribution in [0.25, 0.3) is 88.0 Å². The molecule has 0 aliphatic heterocycles. The zero-order valence-corrected chi connectivity index (χ0v) is 79.3. The quantitative estimate of drug-likeness (QED) is 0.0357. The molecule has 8 heteroatoms. The first-order chi connectivity index (χ1) is 55.5. The molecule has 114 heavy (non-hydrogen) atoms. The first kappa shape index (κ1) is 93.0. The summed E-state index contributed by atoms with van der Waals surface area (Å²) in [7, 11) is 0. The molecule has 0 saturated heterocycles. The predicted octanol–water partition coefficient (Wildman–Crippen LogP) is 35.3. The Morgan fingerprint density at radius 2 is 0.404 bits per heavy atom. The van der Waals surface area contributed by atoms with Crippen LogP contribution in [0.5, 0.6) is 0 Å². The van der Waals surface area contributed by atoms with E-state index in [4.69, 9.17) is 19.9 Å². The summed E-state index contributed by atoms with van der Waals surface area (Å²) in [5.41, 5.74) is 25.8. The van der Waals surface area contributed by atoms with E-state index in [1.165, 1.54) is 272 Å². The monoisotopic (exact) mass is 1700 g/mol. The third-order valence-corrected chi connectivity index (χ3v) is 29.5. The normalized spacial score (nSPS) is 14.1. The molecule has 0 spiro atoms. The van der Waals surface area contributed by atoms with Crippen molar-refractivity contribution < 1.29 is 0 Å². The second kappa shape index (κ2) is 49.0. The number of rotatable bonds is 54. The predicted molar refractivity (Wildman–Crippen MR) is 512 cm³/mol. The summed E-state index contributed by atoms with van der Waals surface area (Å²) in [5, 5.41) is 0. The molecule has 9 aromatic rings. The Morgan fingerprint density at radius 1 is 0.237 bits per heavy atom. The lowest BCUT2D eigenvalue weighted by atomic mass is 9.85. The second-order valence-electron chi connectivity index (χ2n) is 35.3. The third-order valence-electron chi connectivity index (χ3n) is 26.2. The topological polar surface area (TPSA) is 51.6 Å². The van der Waals surface area contributed by atoms with Crippen LogP contribution >= 0.6 is 54.5 Å². The van der Waals surface area contributed by atoms with E-state index in [0.29, 0.717) is 47.3 Å². The lowest BCUT2D eigenvalue weighted by molar-refractivity contribution is 0.444. The zero-order chi connectivity index (χ0) is 81.5. The van der Waals surface area contributed by atoms with Gasteiger partial charge < -0.3 is 0 Å². The van der Waals surface area contributed by atoms with E-state index in [2.05, 4.69) is 240 Å². The number of nitrogens with zero attached hydrogens (tertiary/aromatic N) is 4. The van der Waals surface area contributed by atoms with Crippen LogP contribution in [-0.4, -0.2) is 19.9 Å². The first-order valence-corrected chi connectivity index (χ1v) is 50.4. The molecule has 4 heterocycles. The molecule has 0 fully saturated rings. The van der Waals surface area contributed by atoms with Gasteiger partial charge >= 0.3 is 0 Å². The number of halogens is 2.